The first-order valence-corrected chi connectivity index (χ1v) is 8.75. The monoisotopic (exact) mass is 280 g/mol. The quantitative estimate of drug-likeness (QED) is 0.768. The Morgan fingerprint density at radius 3 is 1.50 bits per heavy atom. The normalized spacial score (nSPS) is 43.8. The van der Waals surface area contributed by atoms with Gasteiger partial charge in [-0.15, -0.1) is 0 Å². The maximum atomic E-state index is 6.22. The molecule has 0 aromatic carbocycles. The average Bonchev–Trinajstić information content (AvgIpc) is 2.58. The summed E-state index contributed by atoms with van der Waals surface area (Å²) in [6.45, 7) is 2.61. The minimum atomic E-state index is -0.670. The first-order valence-electron chi connectivity index (χ1n) is 8.75. The van der Waals surface area contributed by atoms with Crippen molar-refractivity contribution >= 4 is 0 Å². The molecule has 114 valence electrons. The Bertz CT molecular complexity index is 284. The molecular formula is C17H28O3. The number of hydrogen-bond donors (Lipinski definition) is 0. The van der Waals surface area contributed by atoms with E-state index in [0.717, 1.165) is 25.7 Å². The minimum Gasteiger partial charge on any atom is -0.326 e. The molecule has 5 rings (SSSR count). The summed E-state index contributed by atoms with van der Waals surface area (Å²) in [5, 5.41) is 0. The summed E-state index contributed by atoms with van der Waals surface area (Å²) < 4.78 is 18.6. The zero-order valence-electron chi connectivity index (χ0n) is 12.6. The highest BCUT2D eigenvalue weighted by molar-refractivity contribution is 4.96. The molecule has 3 heteroatoms. The smallest absolute Gasteiger partial charge is 0.285 e. The third kappa shape index (κ3) is 2.13. The molecule has 2 saturated carbocycles. The van der Waals surface area contributed by atoms with Gasteiger partial charge < -0.3 is 14.2 Å². The topological polar surface area (TPSA) is 27.7 Å². The highest BCUT2D eigenvalue weighted by Gasteiger charge is 2.58. The molecule has 0 aromatic heterocycles. The van der Waals surface area contributed by atoms with Gasteiger partial charge in [-0.05, 0) is 31.6 Å². The molecule has 2 bridgehead atoms. The van der Waals surface area contributed by atoms with E-state index in [9.17, 15) is 0 Å². The van der Waals surface area contributed by atoms with Crippen LogP contribution in [0.3, 0.4) is 0 Å². The third-order valence-electron chi connectivity index (χ3n) is 6.26. The molecule has 3 saturated heterocycles. The number of ether oxygens (including phenoxy) is 3. The second-order valence-corrected chi connectivity index (χ2v) is 7.50. The van der Waals surface area contributed by atoms with Gasteiger partial charge in [0, 0.05) is 11.3 Å². The average molecular weight is 280 g/mol. The van der Waals surface area contributed by atoms with E-state index in [2.05, 4.69) is 0 Å². The van der Waals surface area contributed by atoms with E-state index in [-0.39, 0.29) is 5.41 Å². The summed E-state index contributed by atoms with van der Waals surface area (Å²) in [6, 6.07) is 0. The van der Waals surface area contributed by atoms with Crippen molar-refractivity contribution < 1.29 is 14.2 Å². The molecular weight excluding hydrogens is 252 g/mol. The number of hydrogen-bond acceptors (Lipinski definition) is 3. The largest absolute Gasteiger partial charge is 0.326 e. The van der Waals surface area contributed by atoms with Gasteiger partial charge in [-0.2, -0.15) is 0 Å². The Morgan fingerprint density at radius 2 is 1.00 bits per heavy atom. The SMILES string of the molecule is C1CCC(C23COC(C4CCCCC4)(OC2)OC3)CC1. The lowest BCUT2D eigenvalue weighted by Gasteiger charge is -2.57. The van der Waals surface area contributed by atoms with E-state index in [4.69, 9.17) is 14.2 Å². The summed E-state index contributed by atoms with van der Waals surface area (Å²) in [7, 11) is 0. The second kappa shape index (κ2) is 5.26. The maximum absolute atomic E-state index is 6.22. The molecule has 0 atom stereocenters. The first-order chi connectivity index (χ1) is 9.83. The predicted molar refractivity (Wildman–Crippen MR) is 76.2 cm³/mol. The molecule has 0 radical (unpaired) electrons. The summed E-state index contributed by atoms with van der Waals surface area (Å²) in [5.41, 5.74) is 0.164. The molecule has 3 heterocycles. The van der Waals surface area contributed by atoms with Gasteiger partial charge in [0.1, 0.15) is 0 Å². The molecule has 0 aromatic rings. The zero-order valence-corrected chi connectivity index (χ0v) is 12.6. The Balaban J connectivity index is 1.45. The Morgan fingerprint density at radius 1 is 0.550 bits per heavy atom. The van der Waals surface area contributed by atoms with Crippen molar-refractivity contribution in [2.75, 3.05) is 19.8 Å². The Labute approximate surface area is 122 Å². The van der Waals surface area contributed by atoms with Gasteiger partial charge in [0.15, 0.2) is 0 Å². The van der Waals surface area contributed by atoms with E-state index >= 15 is 0 Å². The van der Waals surface area contributed by atoms with E-state index in [1.54, 1.807) is 0 Å². The van der Waals surface area contributed by atoms with Crippen molar-refractivity contribution in [3.8, 4) is 0 Å². The maximum Gasteiger partial charge on any atom is 0.285 e. The van der Waals surface area contributed by atoms with Crippen molar-refractivity contribution in [3.63, 3.8) is 0 Å². The fourth-order valence-electron chi connectivity index (χ4n) is 4.86. The second-order valence-electron chi connectivity index (χ2n) is 7.50. The van der Waals surface area contributed by atoms with Crippen LogP contribution in [0, 0.1) is 17.3 Å². The van der Waals surface area contributed by atoms with Gasteiger partial charge in [-0.25, -0.2) is 0 Å². The lowest BCUT2D eigenvalue weighted by Crippen LogP contribution is -2.65. The van der Waals surface area contributed by atoms with Crippen LogP contribution in [0.4, 0.5) is 0 Å². The van der Waals surface area contributed by atoms with Gasteiger partial charge in [0.05, 0.1) is 19.8 Å². The lowest BCUT2D eigenvalue weighted by atomic mass is 9.68. The van der Waals surface area contributed by atoms with Crippen LogP contribution in [0.5, 0.6) is 0 Å². The fraction of sp³-hybridized carbons (Fsp3) is 1.00. The van der Waals surface area contributed by atoms with Crippen LogP contribution in [-0.4, -0.2) is 25.8 Å². The van der Waals surface area contributed by atoms with Crippen LogP contribution in [0.2, 0.25) is 0 Å². The molecule has 0 N–H and O–H groups in total. The molecule has 3 aliphatic heterocycles. The van der Waals surface area contributed by atoms with Crippen LogP contribution in [0.1, 0.15) is 64.2 Å². The first kappa shape index (κ1) is 13.5. The molecule has 5 aliphatic rings. The molecule has 2 aliphatic carbocycles. The molecule has 3 nitrogen and oxygen atoms in total. The third-order valence-corrected chi connectivity index (χ3v) is 6.26. The van der Waals surface area contributed by atoms with E-state index in [0.29, 0.717) is 5.92 Å². The van der Waals surface area contributed by atoms with Crippen LogP contribution >= 0.6 is 0 Å². The van der Waals surface area contributed by atoms with Crippen molar-refractivity contribution in [1.29, 1.82) is 0 Å². The lowest BCUT2D eigenvalue weighted by molar-refractivity contribution is -0.493. The van der Waals surface area contributed by atoms with E-state index < -0.39 is 5.97 Å². The Hall–Kier alpha value is -0.120. The van der Waals surface area contributed by atoms with Crippen LogP contribution in [0.15, 0.2) is 0 Å². The van der Waals surface area contributed by atoms with Crippen molar-refractivity contribution in [1.82, 2.24) is 0 Å². The van der Waals surface area contributed by atoms with E-state index in [1.165, 1.54) is 64.2 Å². The van der Waals surface area contributed by atoms with Crippen molar-refractivity contribution in [3.05, 3.63) is 0 Å². The summed E-state index contributed by atoms with van der Waals surface area (Å²) in [4.78, 5) is 0. The number of fused-ring (bicyclic) bond motifs is 3. The van der Waals surface area contributed by atoms with Gasteiger partial charge >= 0.3 is 0 Å². The highest BCUT2D eigenvalue weighted by atomic mass is 16.9. The number of rotatable bonds is 2. The summed E-state index contributed by atoms with van der Waals surface area (Å²) >= 11 is 0. The molecule has 20 heavy (non-hydrogen) atoms. The predicted octanol–water partition coefficient (Wildman–Crippen LogP) is 3.86. The minimum absolute atomic E-state index is 0.164. The Kier molecular flexibility index (Phi) is 3.56. The van der Waals surface area contributed by atoms with Gasteiger partial charge in [0.25, 0.3) is 5.97 Å². The molecule has 5 fully saturated rings. The highest BCUT2D eigenvalue weighted by Crippen LogP contribution is 2.51. The van der Waals surface area contributed by atoms with Crippen LogP contribution < -0.4 is 0 Å². The standard InChI is InChI=1S/C17H28O3/c1-3-7-14(8-4-1)16-11-18-17(19-12-16,20-13-16)15-9-5-2-6-10-15/h14-15H,1-13H2. The molecule has 0 amide bonds. The summed E-state index contributed by atoms with van der Waals surface area (Å²) in [6.07, 6.45) is 13.2. The van der Waals surface area contributed by atoms with Gasteiger partial charge in [-0.3, -0.25) is 0 Å². The van der Waals surface area contributed by atoms with E-state index in [1.807, 2.05) is 0 Å². The van der Waals surface area contributed by atoms with Crippen molar-refractivity contribution in [2.24, 2.45) is 17.3 Å². The van der Waals surface area contributed by atoms with Crippen LogP contribution in [-0.2, 0) is 14.2 Å². The van der Waals surface area contributed by atoms with Gasteiger partial charge in [-0.1, -0.05) is 38.5 Å². The van der Waals surface area contributed by atoms with Crippen molar-refractivity contribution in [2.45, 2.75) is 70.2 Å². The zero-order chi connectivity index (χ0) is 13.5. The fourth-order valence-corrected chi connectivity index (χ4v) is 4.86. The molecule has 0 unspecified atom stereocenters. The summed E-state index contributed by atoms with van der Waals surface area (Å²) in [5.74, 6) is 0.540. The van der Waals surface area contributed by atoms with Gasteiger partial charge in [0.2, 0.25) is 0 Å². The van der Waals surface area contributed by atoms with Crippen LogP contribution in [0.25, 0.3) is 0 Å². The molecule has 0 spiro atoms.